The number of amides is 2. The molecule has 2 amide bonds. The van der Waals surface area contributed by atoms with E-state index in [1.165, 1.54) is 12.0 Å². The Morgan fingerprint density at radius 1 is 1.14 bits per heavy atom. The average molecular weight is 710 g/mol. The first kappa shape index (κ1) is 36.7. The Balaban J connectivity index is 1.18. The topological polar surface area (TPSA) is 255 Å². The Labute approximate surface area is 286 Å². The molecule has 6 rings (SSSR count). The number of rotatable bonds is 13. The standard InChI is InChI=1S/C32H43N3O15/c1-15(38)20(28(42)33-7-8-36)34-31(44)32-11-18-24-25(47-14-46-24)27(32)50-35(26(32)29(43)48-18)12-17-5-2-4-16(10-17)6-3-9-45-30-23(41)22(40)21(39)19(13-37)49-30/h2-6,10,15,18-27,30,36-41H,7-9,11-14H2,1H3,(H,33,42)(H,34,44)/t15-,18+,19+,20+,21-,22-,23+,24-,25-,26-,27+,30-,32-/m0/s1. The molecule has 13 atom stereocenters. The molecular formula is C32H43N3O15. The van der Waals surface area contributed by atoms with E-state index in [9.17, 15) is 39.9 Å². The number of nitrogens with one attached hydrogen (secondary N) is 2. The second-order valence-corrected chi connectivity index (χ2v) is 13.0. The summed E-state index contributed by atoms with van der Waals surface area (Å²) in [6.07, 6.45) is -8.16. The van der Waals surface area contributed by atoms with E-state index >= 15 is 0 Å². The molecular weight excluding hydrogens is 666 g/mol. The summed E-state index contributed by atoms with van der Waals surface area (Å²) in [4.78, 5) is 47.1. The molecule has 5 fully saturated rings. The van der Waals surface area contributed by atoms with E-state index in [1.54, 1.807) is 30.4 Å². The Bertz CT molecular complexity index is 1430. The number of hydrogen-bond acceptors (Lipinski definition) is 16. The molecule has 0 radical (unpaired) electrons. The molecule has 2 bridgehead atoms. The van der Waals surface area contributed by atoms with Crippen molar-refractivity contribution in [2.24, 2.45) is 5.41 Å². The molecule has 1 aliphatic carbocycles. The number of fused-ring (bicyclic) bond motifs is 4. The maximum absolute atomic E-state index is 14.3. The number of carbonyl (C=O) groups excluding carboxylic acids is 3. The van der Waals surface area contributed by atoms with Crippen molar-refractivity contribution in [1.29, 1.82) is 0 Å². The van der Waals surface area contributed by atoms with Gasteiger partial charge < -0.3 is 65.0 Å². The van der Waals surface area contributed by atoms with Crippen molar-refractivity contribution < 1.29 is 73.5 Å². The van der Waals surface area contributed by atoms with Gasteiger partial charge in [0.1, 0.15) is 67.1 Å². The maximum atomic E-state index is 14.3. The van der Waals surface area contributed by atoms with Crippen LogP contribution in [0, 0.1) is 5.41 Å². The van der Waals surface area contributed by atoms with Gasteiger partial charge in [0.15, 0.2) is 12.3 Å². The predicted octanol–water partition coefficient (Wildman–Crippen LogP) is -3.97. The van der Waals surface area contributed by atoms with Gasteiger partial charge in [0, 0.05) is 13.0 Å². The smallest absolute Gasteiger partial charge is 0.327 e. The molecule has 0 aromatic heterocycles. The lowest BCUT2D eigenvalue weighted by Crippen LogP contribution is -2.71. The Morgan fingerprint density at radius 3 is 2.66 bits per heavy atom. The summed E-state index contributed by atoms with van der Waals surface area (Å²) in [5.41, 5.74) is -0.161. The van der Waals surface area contributed by atoms with Crippen molar-refractivity contribution in [2.45, 2.75) is 93.2 Å². The minimum atomic E-state index is -1.57. The molecule has 4 saturated heterocycles. The molecule has 276 valence electrons. The second kappa shape index (κ2) is 15.2. The molecule has 0 spiro atoms. The summed E-state index contributed by atoms with van der Waals surface area (Å²) < 4.78 is 28.2. The van der Waals surface area contributed by atoms with Gasteiger partial charge in [-0.2, -0.15) is 5.06 Å². The van der Waals surface area contributed by atoms with Crippen LogP contribution in [0.5, 0.6) is 0 Å². The van der Waals surface area contributed by atoms with Crippen LogP contribution in [0.15, 0.2) is 30.3 Å². The summed E-state index contributed by atoms with van der Waals surface area (Å²) in [5.74, 6) is -2.13. The van der Waals surface area contributed by atoms with Crippen LogP contribution >= 0.6 is 0 Å². The van der Waals surface area contributed by atoms with Crippen molar-refractivity contribution in [1.82, 2.24) is 15.7 Å². The van der Waals surface area contributed by atoms with Crippen molar-refractivity contribution in [2.75, 3.05) is 33.2 Å². The van der Waals surface area contributed by atoms with Crippen LogP contribution < -0.4 is 10.6 Å². The fourth-order valence-corrected chi connectivity index (χ4v) is 7.32. The van der Waals surface area contributed by atoms with E-state index < -0.39 is 103 Å². The SMILES string of the molecule is C[C@H](O)[C@@H](NC(=O)[C@@]12C[C@H]3OC(=O)[C@@H]1N(Cc1cccc(C=CCO[C@H]4O[C@H](CO)[C@H](O)[C@H](O)[C@H]4O)c1)O[C@@H]2[C@H]1OCO[C@H]13)C(=O)NCCO. The summed E-state index contributed by atoms with van der Waals surface area (Å²) in [7, 11) is 0. The fraction of sp³-hybridized carbons (Fsp3) is 0.656. The van der Waals surface area contributed by atoms with Gasteiger partial charge in [-0.05, 0) is 18.1 Å². The van der Waals surface area contributed by atoms with Gasteiger partial charge in [-0.25, -0.2) is 0 Å². The van der Waals surface area contributed by atoms with E-state index in [0.29, 0.717) is 5.56 Å². The summed E-state index contributed by atoms with van der Waals surface area (Å²) in [6.45, 7) is 0.218. The van der Waals surface area contributed by atoms with E-state index in [4.69, 9.17) is 33.6 Å². The first-order chi connectivity index (χ1) is 24.0. The van der Waals surface area contributed by atoms with Gasteiger partial charge in [-0.1, -0.05) is 36.4 Å². The lowest BCUT2D eigenvalue weighted by molar-refractivity contribution is -0.298. The lowest BCUT2D eigenvalue weighted by atomic mass is 9.62. The third-order valence-corrected chi connectivity index (χ3v) is 9.76. The van der Waals surface area contributed by atoms with Gasteiger partial charge in [-0.15, -0.1) is 0 Å². The van der Waals surface area contributed by atoms with E-state index in [0.717, 1.165) is 5.56 Å². The zero-order valence-electron chi connectivity index (χ0n) is 27.1. The number of carbonyl (C=O) groups is 3. The molecule has 8 N–H and O–H groups in total. The first-order valence-corrected chi connectivity index (χ1v) is 16.4. The lowest BCUT2D eigenvalue weighted by Gasteiger charge is -2.49. The van der Waals surface area contributed by atoms with Gasteiger partial charge >= 0.3 is 5.97 Å². The van der Waals surface area contributed by atoms with Crippen LogP contribution in [0.1, 0.15) is 24.5 Å². The molecule has 5 aliphatic rings. The van der Waals surface area contributed by atoms with Crippen LogP contribution in [-0.4, -0.2) is 160 Å². The van der Waals surface area contributed by atoms with Crippen LogP contribution in [0.2, 0.25) is 0 Å². The molecule has 1 saturated carbocycles. The van der Waals surface area contributed by atoms with Crippen LogP contribution in [0.25, 0.3) is 6.08 Å². The van der Waals surface area contributed by atoms with Crippen molar-refractivity contribution in [3.63, 3.8) is 0 Å². The van der Waals surface area contributed by atoms with Crippen LogP contribution in [0.4, 0.5) is 0 Å². The zero-order valence-corrected chi connectivity index (χ0v) is 27.1. The predicted molar refractivity (Wildman–Crippen MR) is 165 cm³/mol. The number of aliphatic hydroxyl groups excluding tert-OH is 6. The Hall–Kier alpha value is -3.11. The van der Waals surface area contributed by atoms with Crippen molar-refractivity contribution >= 4 is 23.9 Å². The monoisotopic (exact) mass is 709 g/mol. The van der Waals surface area contributed by atoms with Crippen LogP contribution in [-0.2, 0) is 49.5 Å². The average Bonchev–Trinajstić information content (AvgIpc) is 3.72. The molecule has 4 aliphatic heterocycles. The molecule has 50 heavy (non-hydrogen) atoms. The van der Waals surface area contributed by atoms with E-state index in [-0.39, 0.29) is 39.5 Å². The second-order valence-electron chi connectivity index (χ2n) is 13.0. The minimum absolute atomic E-state index is 0.0168. The highest BCUT2D eigenvalue weighted by molar-refractivity contribution is 5.96. The third kappa shape index (κ3) is 6.79. The maximum Gasteiger partial charge on any atom is 0.327 e. The highest BCUT2D eigenvalue weighted by Gasteiger charge is 2.74. The number of benzene rings is 1. The summed E-state index contributed by atoms with van der Waals surface area (Å²) in [6, 6.07) is 4.56. The molecule has 1 aromatic rings. The van der Waals surface area contributed by atoms with E-state index in [2.05, 4.69) is 10.6 Å². The number of hydrogen-bond donors (Lipinski definition) is 8. The summed E-state index contributed by atoms with van der Waals surface area (Å²) >= 11 is 0. The van der Waals surface area contributed by atoms with Gasteiger partial charge in [0.25, 0.3) is 0 Å². The normalized spacial score (nSPS) is 37.6. The molecule has 18 heteroatoms. The zero-order chi connectivity index (χ0) is 35.7. The fourth-order valence-electron chi connectivity index (χ4n) is 7.32. The number of hydroxylamine groups is 2. The van der Waals surface area contributed by atoms with E-state index in [1.807, 2.05) is 6.07 Å². The number of aliphatic hydroxyl groups is 6. The number of nitrogens with zero attached hydrogens (tertiary/aromatic N) is 1. The third-order valence-electron chi connectivity index (χ3n) is 9.76. The Morgan fingerprint density at radius 2 is 1.92 bits per heavy atom. The van der Waals surface area contributed by atoms with Gasteiger partial charge in [-0.3, -0.25) is 19.2 Å². The molecule has 0 unspecified atom stereocenters. The van der Waals surface area contributed by atoms with Gasteiger partial charge in [0.2, 0.25) is 11.8 Å². The number of esters is 1. The van der Waals surface area contributed by atoms with Crippen LogP contribution in [0.3, 0.4) is 0 Å². The highest BCUT2D eigenvalue weighted by atomic mass is 16.8. The highest BCUT2D eigenvalue weighted by Crippen LogP contribution is 2.55. The molecule has 18 nitrogen and oxygen atoms in total. The number of ether oxygens (including phenoxy) is 5. The van der Waals surface area contributed by atoms with Gasteiger partial charge in [0.05, 0.1) is 32.5 Å². The molecule has 1 aromatic carbocycles. The quantitative estimate of drug-likeness (QED) is 0.0909. The first-order valence-electron chi connectivity index (χ1n) is 16.4. The molecule has 4 heterocycles. The minimum Gasteiger partial charge on any atom is -0.458 e. The van der Waals surface area contributed by atoms with Crippen molar-refractivity contribution in [3.05, 3.63) is 41.5 Å². The largest absolute Gasteiger partial charge is 0.458 e. The summed E-state index contributed by atoms with van der Waals surface area (Å²) in [5, 5.41) is 65.5. The van der Waals surface area contributed by atoms with Crippen molar-refractivity contribution in [3.8, 4) is 0 Å². The Kier molecular flexibility index (Phi) is 11.2.